The van der Waals surface area contributed by atoms with Gasteiger partial charge in [0, 0.05) is 5.92 Å². The fraction of sp³-hybridized carbons (Fsp3) is 0.444. The van der Waals surface area contributed by atoms with Crippen LogP contribution >= 0.6 is 12.4 Å². The lowest BCUT2D eigenvalue weighted by atomic mass is 10.4. The summed E-state index contributed by atoms with van der Waals surface area (Å²) < 4.78 is 0. The molecule has 0 aromatic carbocycles. The zero-order valence-corrected chi connectivity index (χ0v) is 8.96. The first kappa shape index (κ1) is 11.9. The van der Waals surface area contributed by atoms with Gasteiger partial charge < -0.3 is 11.1 Å². The summed E-state index contributed by atoms with van der Waals surface area (Å²) in [6, 6.07) is 0. The first-order valence-electron chi connectivity index (χ1n) is 4.61. The van der Waals surface area contributed by atoms with E-state index in [0.29, 0.717) is 11.6 Å². The van der Waals surface area contributed by atoms with E-state index in [1.165, 1.54) is 12.8 Å². The Hall–Kier alpha value is -1.20. The Bertz CT molecular complexity index is 336. The molecule has 2 rings (SSSR count). The largest absolute Gasteiger partial charge is 0.322 e. The molecule has 0 atom stereocenters. The zero-order chi connectivity index (χ0) is 9.97. The summed E-state index contributed by atoms with van der Waals surface area (Å²) >= 11 is 0. The van der Waals surface area contributed by atoms with Crippen LogP contribution in [0.4, 0.5) is 5.69 Å². The summed E-state index contributed by atoms with van der Waals surface area (Å²) in [6.45, 7) is -0.0234. The number of anilines is 1. The normalized spacial score (nSPS) is 14.2. The smallest absolute Gasteiger partial charge is 0.238 e. The van der Waals surface area contributed by atoms with Gasteiger partial charge >= 0.3 is 0 Å². The molecule has 0 bridgehead atoms. The minimum absolute atomic E-state index is 0. The van der Waals surface area contributed by atoms with Crippen LogP contribution in [0.15, 0.2) is 12.4 Å². The van der Waals surface area contributed by atoms with Gasteiger partial charge in [0.2, 0.25) is 5.91 Å². The molecular weight excluding hydrogens is 216 g/mol. The Morgan fingerprint density at radius 1 is 1.47 bits per heavy atom. The van der Waals surface area contributed by atoms with E-state index in [-0.39, 0.29) is 24.9 Å². The van der Waals surface area contributed by atoms with Gasteiger partial charge in [-0.25, -0.2) is 9.97 Å². The topological polar surface area (TPSA) is 80.9 Å². The Morgan fingerprint density at radius 3 is 2.53 bits per heavy atom. The first-order valence-corrected chi connectivity index (χ1v) is 4.61. The molecule has 1 amide bonds. The monoisotopic (exact) mass is 228 g/mol. The molecule has 1 aromatic heterocycles. The maximum Gasteiger partial charge on any atom is 0.238 e. The molecule has 1 aliphatic rings. The molecule has 0 radical (unpaired) electrons. The fourth-order valence-electron chi connectivity index (χ4n) is 1.17. The predicted octanol–water partition coefficient (Wildman–Crippen LogP) is 0.673. The SMILES string of the molecule is Cl.NCC(=O)Nc1cnc(C2CC2)nc1. The second-order valence-corrected chi connectivity index (χ2v) is 3.36. The third-order valence-electron chi connectivity index (χ3n) is 2.08. The summed E-state index contributed by atoms with van der Waals surface area (Å²) in [6.07, 6.45) is 5.59. The van der Waals surface area contributed by atoms with E-state index in [1.807, 2.05) is 0 Å². The molecular formula is C9H13ClN4O. The number of aromatic nitrogens is 2. The molecule has 1 aliphatic carbocycles. The summed E-state index contributed by atoms with van der Waals surface area (Å²) in [5, 5.41) is 2.59. The van der Waals surface area contributed by atoms with Crippen molar-refractivity contribution in [2.75, 3.05) is 11.9 Å². The number of carbonyl (C=O) groups is 1. The van der Waals surface area contributed by atoms with Gasteiger partial charge in [0.1, 0.15) is 5.82 Å². The van der Waals surface area contributed by atoms with Crippen LogP contribution in [0.5, 0.6) is 0 Å². The maximum absolute atomic E-state index is 10.9. The highest BCUT2D eigenvalue weighted by atomic mass is 35.5. The van der Waals surface area contributed by atoms with Crippen LogP contribution in [-0.2, 0) is 4.79 Å². The van der Waals surface area contributed by atoms with Gasteiger partial charge in [-0.2, -0.15) is 0 Å². The van der Waals surface area contributed by atoms with E-state index in [4.69, 9.17) is 5.73 Å². The molecule has 1 saturated carbocycles. The Labute approximate surface area is 93.9 Å². The van der Waals surface area contributed by atoms with Crippen LogP contribution in [0.2, 0.25) is 0 Å². The average Bonchev–Trinajstić information content (AvgIpc) is 3.02. The molecule has 0 aliphatic heterocycles. The molecule has 1 aromatic rings. The molecule has 0 spiro atoms. The molecule has 6 heteroatoms. The van der Waals surface area contributed by atoms with Crippen molar-refractivity contribution in [1.82, 2.24) is 9.97 Å². The van der Waals surface area contributed by atoms with Crippen molar-refractivity contribution in [3.05, 3.63) is 18.2 Å². The van der Waals surface area contributed by atoms with Crippen LogP contribution in [-0.4, -0.2) is 22.4 Å². The minimum atomic E-state index is -0.229. The van der Waals surface area contributed by atoms with Crippen molar-refractivity contribution in [3.63, 3.8) is 0 Å². The van der Waals surface area contributed by atoms with E-state index in [0.717, 1.165) is 5.82 Å². The lowest BCUT2D eigenvalue weighted by Gasteiger charge is -2.02. The highest BCUT2D eigenvalue weighted by molar-refractivity contribution is 5.91. The third-order valence-corrected chi connectivity index (χ3v) is 2.08. The van der Waals surface area contributed by atoms with Gasteiger partial charge in [-0.15, -0.1) is 12.4 Å². The first-order chi connectivity index (χ1) is 6.79. The quantitative estimate of drug-likeness (QED) is 0.797. The standard InChI is InChI=1S/C9H12N4O.ClH/c10-3-8(14)13-7-4-11-9(12-5-7)6-1-2-6;/h4-6H,1-3,10H2,(H,13,14);1H. The number of rotatable bonds is 3. The predicted molar refractivity (Wildman–Crippen MR) is 58.9 cm³/mol. The number of amides is 1. The van der Waals surface area contributed by atoms with Crippen molar-refractivity contribution in [1.29, 1.82) is 0 Å². The molecule has 0 saturated heterocycles. The fourth-order valence-corrected chi connectivity index (χ4v) is 1.17. The molecule has 5 nitrogen and oxygen atoms in total. The second kappa shape index (κ2) is 5.04. The average molecular weight is 229 g/mol. The molecule has 1 fully saturated rings. The van der Waals surface area contributed by atoms with Crippen molar-refractivity contribution in [2.45, 2.75) is 18.8 Å². The summed E-state index contributed by atoms with van der Waals surface area (Å²) in [4.78, 5) is 19.2. The number of hydrogen-bond donors (Lipinski definition) is 2. The molecule has 0 unspecified atom stereocenters. The number of nitrogens with zero attached hydrogens (tertiary/aromatic N) is 2. The van der Waals surface area contributed by atoms with E-state index < -0.39 is 0 Å². The van der Waals surface area contributed by atoms with Crippen LogP contribution in [0.1, 0.15) is 24.6 Å². The van der Waals surface area contributed by atoms with Gasteiger partial charge in [-0.1, -0.05) is 0 Å². The number of halogens is 1. The molecule has 1 heterocycles. The van der Waals surface area contributed by atoms with Gasteiger partial charge in [0.25, 0.3) is 0 Å². The van der Waals surface area contributed by atoms with E-state index in [2.05, 4.69) is 15.3 Å². The maximum atomic E-state index is 10.9. The molecule has 15 heavy (non-hydrogen) atoms. The molecule has 3 N–H and O–H groups in total. The van der Waals surface area contributed by atoms with Crippen LogP contribution in [0, 0.1) is 0 Å². The van der Waals surface area contributed by atoms with Gasteiger partial charge in [0.05, 0.1) is 24.6 Å². The Kier molecular flexibility index (Phi) is 3.99. The van der Waals surface area contributed by atoms with Crippen LogP contribution < -0.4 is 11.1 Å². The summed E-state index contributed by atoms with van der Waals surface area (Å²) in [7, 11) is 0. The summed E-state index contributed by atoms with van der Waals surface area (Å²) in [5.74, 6) is 1.18. The zero-order valence-electron chi connectivity index (χ0n) is 8.14. The van der Waals surface area contributed by atoms with Crippen molar-refractivity contribution in [2.24, 2.45) is 5.73 Å². The third kappa shape index (κ3) is 3.14. The van der Waals surface area contributed by atoms with Gasteiger partial charge in [-0.3, -0.25) is 4.79 Å². The van der Waals surface area contributed by atoms with Gasteiger partial charge in [0.15, 0.2) is 0 Å². The van der Waals surface area contributed by atoms with Crippen molar-refractivity contribution >= 4 is 24.0 Å². The lowest BCUT2D eigenvalue weighted by Crippen LogP contribution is -2.22. The number of carbonyl (C=O) groups excluding carboxylic acids is 1. The molecule has 82 valence electrons. The Morgan fingerprint density at radius 2 is 2.07 bits per heavy atom. The van der Waals surface area contributed by atoms with Crippen LogP contribution in [0.25, 0.3) is 0 Å². The Balaban J connectivity index is 0.00000112. The van der Waals surface area contributed by atoms with E-state index in [1.54, 1.807) is 12.4 Å². The van der Waals surface area contributed by atoms with Crippen molar-refractivity contribution in [3.8, 4) is 0 Å². The van der Waals surface area contributed by atoms with Gasteiger partial charge in [-0.05, 0) is 12.8 Å². The number of nitrogens with one attached hydrogen (secondary N) is 1. The summed E-state index contributed by atoms with van der Waals surface area (Å²) in [5.41, 5.74) is 5.76. The highest BCUT2D eigenvalue weighted by Gasteiger charge is 2.26. The van der Waals surface area contributed by atoms with Crippen molar-refractivity contribution < 1.29 is 4.79 Å². The number of hydrogen-bond acceptors (Lipinski definition) is 4. The van der Waals surface area contributed by atoms with E-state index >= 15 is 0 Å². The lowest BCUT2D eigenvalue weighted by molar-refractivity contribution is -0.114. The minimum Gasteiger partial charge on any atom is -0.322 e. The second-order valence-electron chi connectivity index (χ2n) is 3.36. The highest BCUT2D eigenvalue weighted by Crippen LogP contribution is 2.37. The van der Waals surface area contributed by atoms with Crippen LogP contribution in [0.3, 0.4) is 0 Å². The number of nitrogens with two attached hydrogens (primary N) is 1. The van der Waals surface area contributed by atoms with E-state index in [9.17, 15) is 4.79 Å².